The minimum Gasteiger partial charge on any atom is -0.0544 e. The summed E-state index contributed by atoms with van der Waals surface area (Å²) in [6.07, 6.45) is 8.43. The molecule has 0 radical (unpaired) electrons. The van der Waals surface area contributed by atoms with E-state index in [9.17, 15) is 0 Å². The summed E-state index contributed by atoms with van der Waals surface area (Å²) < 4.78 is 4.42. The fourth-order valence-electron chi connectivity index (χ4n) is 2.68. The SMILES string of the molecule is Brc1ccc(C=Cc2ccc(Br)cc2)cc1.Brc1ccc(C=Cc2ccc(Br)cc2)cc1. The second-order valence-electron chi connectivity index (χ2n) is 6.87. The van der Waals surface area contributed by atoms with Crippen LogP contribution in [-0.4, -0.2) is 0 Å². The number of halogens is 4. The van der Waals surface area contributed by atoms with Gasteiger partial charge in [-0.1, -0.05) is 137 Å². The monoisotopic (exact) mass is 672 g/mol. The zero-order valence-electron chi connectivity index (χ0n) is 17.1. The van der Waals surface area contributed by atoms with E-state index in [1.165, 1.54) is 22.3 Å². The zero-order valence-corrected chi connectivity index (χ0v) is 23.4. The molecule has 0 aromatic heterocycles. The number of hydrogen-bond donors (Lipinski definition) is 0. The molecule has 32 heavy (non-hydrogen) atoms. The molecule has 4 rings (SSSR count). The second-order valence-corrected chi connectivity index (χ2v) is 10.5. The molecule has 0 saturated carbocycles. The normalized spacial score (nSPS) is 10.9. The second kappa shape index (κ2) is 13.1. The Morgan fingerprint density at radius 1 is 0.281 bits per heavy atom. The number of hydrogen-bond acceptors (Lipinski definition) is 0. The van der Waals surface area contributed by atoms with Gasteiger partial charge in [-0.15, -0.1) is 0 Å². The van der Waals surface area contributed by atoms with Crippen LogP contribution in [-0.2, 0) is 0 Å². The van der Waals surface area contributed by atoms with E-state index in [2.05, 4.69) is 137 Å². The van der Waals surface area contributed by atoms with Gasteiger partial charge in [0.2, 0.25) is 0 Å². The van der Waals surface area contributed by atoms with E-state index in [1.807, 2.05) is 48.5 Å². The fourth-order valence-corrected chi connectivity index (χ4v) is 3.74. The maximum Gasteiger partial charge on any atom is 0.0175 e. The Bertz CT molecular complexity index is 964. The molecule has 160 valence electrons. The minimum atomic E-state index is 1.10. The third kappa shape index (κ3) is 9.03. The zero-order chi connectivity index (χ0) is 22.8. The smallest absolute Gasteiger partial charge is 0.0175 e. The molecule has 0 N–H and O–H groups in total. The highest BCUT2D eigenvalue weighted by atomic mass is 79.9. The molecule has 0 aliphatic rings. The molecule has 0 unspecified atom stereocenters. The van der Waals surface area contributed by atoms with Crippen molar-refractivity contribution in [2.45, 2.75) is 0 Å². The largest absolute Gasteiger partial charge is 0.0544 e. The summed E-state index contributed by atoms with van der Waals surface area (Å²) in [7, 11) is 0. The van der Waals surface area contributed by atoms with E-state index in [0.717, 1.165) is 17.9 Å². The number of rotatable bonds is 4. The first kappa shape index (κ1) is 24.9. The molecular formula is C28H20Br4. The average Bonchev–Trinajstić information content (AvgIpc) is 2.81. The molecule has 4 heteroatoms. The maximum atomic E-state index is 3.42. The molecule has 0 nitrogen and oxygen atoms in total. The third-order valence-corrected chi connectivity index (χ3v) is 6.53. The third-order valence-electron chi connectivity index (χ3n) is 4.42. The van der Waals surface area contributed by atoms with E-state index < -0.39 is 0 Å². The lowest BCUT2D eigenvalue weighted by molar-refractivity contribution is 1.60. The first-order chi connectivity index (χ1) is 15.5. The van der Waals surface area contributed by atoms with Crippen LogP contribution in [0, 0.1) is 0 Å². The Hall–Kier alpha value is -1.72. The molecule has 0 fully saturated rings. The predicted molar refractivity (Wildman–Crippen MR) is 154 cm³/mol. The van der Waals surface area contributed by atoms with Crippen molar-refractivity contribution >= 4 is 88.0 Å². The molecule has 0 heterocycles. The fraction of sp³-hybridized carbons (Fsp3) is 0. The molecule has 0 bridgehead atoms. The van der Waals surface area contributed by atoms with Crippen LogP contribution in [0.25, 0.3) is 24.3 Å². The van der Waals surface area contributed by atoms with E-state index in [-0.39, 0.29) is 0 Å². The van der Waals surface area contributed by atoms with Gasteiger partial charge in [-0.05, 0) is 70.8 Å². The van der Waals surface area contributed by atoms with Crippen molar-refractivity contribution in [1.29, 1.82) is 0 Å². The van der Waals surface area contributed by atoms with Gasteiger partial charge in [0.1, 0.15) is 0 Å². The highest BCUT2D eigenvalue weighted by Gasteiger charge is 1.91. The van der Waals surface area contributed by atoms with Gasteiger partial charge in [0.25, 0.3) is 0 Å². The van der Waals surface area contributed by atoms with Crippen molar-refractivity contribution in [2.24, 2.45) is 0 Å². The maximum absolute atomic E-state index is 3.42. The van der Waals surface area contributed by atoms with Crippen LogP contribution in [0.3, 0.4) is 0 Å². The Morgan fingerprint density at radius 2 is 0.438 bits per heavy atom. The van der Waals surface area contributed by atoms with Gasteiger partial charge < -0.3 is 0 Å². The highest BCUT2D eigenvalue weighted by Crippen LogP contribution is 2.16. The summed E-state index contributed by atoms with van der Waals surface area (Å²) in [6, 6.07) is 33.0. The minimum absolute atomic E-state index is 1.10. The topological polar surface area (TPSA) is 0 Å². The Kier molecular flexibility index (Phi) is 10.2. The molecular weight excluding hydrogens is 656 g/mol. The van der Waals surface area contributed by atoms with Crippen LogP contribution >= 0.6 is 63.7 Å². The lowest BCUT2D eigenvalue weighted by Crippen LogP contribution is -1.73. The molecule has 0 aliphatic heterocycles. The van der Waals surface area contributed by atoms with Crippen molar-refractivity contribution in [3.05, 3.63) is 137 Å². The molecule has 0 atom stereocenters. The lowest BCUT2D eigenvalue weighted by Gasteiger charge is -1.95. The molecule has 4 aromatic carbocycles. The van der Waals surface area contributed by atoms with Crippen molar-refractivity contribution in [2.75, 3.05) is 0 Å². The predicted octanol–water partition coefficient (Wildman–Crippen LogP) is 10.8. The molecule has 0 amide bonds. The van der Waals surface area contributed by atoms with Crippen molar-refractivity contribution in [3.8, 4) is 0 Å². The number of benzene rings is 4. The van der Waals surface area contributed by atoms with Gasteiger partial charge in [-0.25, -0.2) is 0 Å². The van der Waals surface area contributed by atoms with Crippen LogP contribution in [0.1, 0.15) is 22.3 Å². The molecule has 0 spiro atoms. The summed E-state index contributed by atoms with van der Waals surface area (Å²) >= 11 is 13.7. The first-order valence-corrected chi connectivity index (χ1v) is 13.0. The summed E-state index contributed by atoms with van der Waals surface area (Å²) in [5.41, 5.74) is 4.80. The Labute approximate surface area is 223 Å². The van der Waals surface area contributed by atoms with Gasteiger partial charge in [-0.2, -0.15) is 0 Å². The van der Waals surface area contributed by atoms with Crippen LogP contribution in [0.15, 0.2) is 115 Å². The van der Waals surface area contributed by atoms with Crippen molar-refractivity contribution < 1.29 is 0 Å². The van der Waals surface area contributed by atoms with Crippen molar-refractivity contribution in [1.82, 2.24) is 0 Å². The van der Waals surface area contributed by atoms with Gasteiger partial charge in [0.15, 0.2) is 0 Å². The highest BCUT2D eigenvalue weighted by molar-refractivity contribution is 9.11. The average molecular weight is 676 g/mol. The van der Waals surface area contributed by atoms with Gasteiger partial charge in [-0.3, -0.25) is 0 Å². The quantitative estimate of drug-likeness (QED) is 0.189. The van der Waals surface area contributed by atoms with Gasteiger partial charge in [0, 0.05) is 17.9 Å². The van der Waals surface area contributed by atoms with E-state index >= 15 is 0 Å². The van der Waals surface area contributed by atoms with Gasteiger partial charge >= 0.3 is 0 Å². The summed E-state index contributed by atoms with van der Waals surface area (Å²) in [5, 5.41) is 0. The van der Waals surface area contributed by atoms with Crippen LogP contribution in [0.2, 0.25) is 0 Å². The van der Waals surface area contributed by atoms with Crippen LogP contribution < -0.4 is 0 Å². The van der Waals surface area contributed by atoms with Crippen LogP contribution in [0.5, 0.6) is 0 Å². The standard InChI is InChI=1S/2C14H10Br2/c2*15-13-7-3-11(4-8-13)1-2-12-5-9-14(16)10-6-12/h2*1-10H. The first-order valence-electron chi connectivity index (χ1n) is 9.86. The summed E-state index contributed by atoms with van der Waals surface area (Å²) in [4.78, 5) is 0. The van der Waals surface area contributed by atoms with Crippen LogP contribution in [0.4, 0.5) is 0 Å². The molecule has 4 aromatic rings. The van der Waals surface area contributed by atoms with Crippen molar-refractivity contribution in [3.63, 3.8) is 0 Å². The van der Waals surface area contributed by atoms with E-state index in [1.54, 1.807) is 0 Å². The lowest BCUT2D eigenvalue weighted by atomic mass is 10.1. The summed E-state index contributed by atoms with van der Waals surface area (Å²) in [6.45, 7) is 0. The molecule has 0 saturated heterocycles. The van der Waals surface area contributed by atoms with Gasteiger partial charge in [0.05, 0.1) is 0 Å². The van der Waals surface area contributed by atoms with E-state index in [0.29, 0.717) is 0 Å². The Balaban J connectivity index is 0.000000181. The summed E-state index contributed by atoms with van der Waals surface area (Å²) in [5.74, 6) is 0. The van der Waals surface area contributed by atoms with E-state index in [4.69, 9.17) is 0 Å². The Morgan fingerprint density at radius 3 is 0.594 bits per heavy atom. The molecule has 0 aliphatic carbocycles.